The molecule has 224 valence electrons. The molecule has 10 nitrogen and oxygen atoms in total. The van der Waals surface area contributed by atoms with E-state index >= 15 is 0 Å². The van der Waals surface area contributed by atoms with Crippen LogP contribution in [0.4, 0.5) is 27.7 Å². The molecule has 3 aromatic rings. The van der Waals surface area contributed by atoms with Crippen LogP contribution in [0, 0.1) is 0 Å². The van der Waals surface area contributed by atoms with Gasteiger partial charge >= 0.3 is 6.09 Å². The molecule has 2 aliphatic heterocycles. The van der Waals surface area contributed by atoms with Crippen LogP contribution in [0.25, 0.3) is 0 Å². The third-order valence-corrected chi connectivity index (χ3v) is 7.10. The SMILES string of the molecule is CC(C)(C)OC(=O)NC1CCN(Cc2ccc(C(=O)Nc3ccnc(Nc4cccc(N5C=NC=CC5)c4)c3)cc2)CC1. The van der Waals surface area contributed by atoms with Crippen LogP contribution in [0.15, 0.2) is 84.1 Å². The van der Waals surface area contributed by atoms with Crippen molar-refractivity contribution >= 4 is 41.2 Å². The molecule has 2 aliphatic rings. The normalized spacial score (nSPS) is 15.7. The number of hydrogen-bond acceptors (Lipinski definition) is 8. The van der Waals surface area contributed by atoms with Gasteiger partial charge in [0, 0.05) is 73.3 Å². The summed E-state index contributed by atoms with van der Waals surface area (Å²) in [6.45, 7) is 8.92. The average Bonchev–Trinajstić information content (AvgIpc) is 2.98. The second-order valence-corrected chi connectivity index (χ2v) is 11.8. The van der Waals surface area contributed by atoms with Gasteiger partial charge in [-0.25, -0.2) is 14.8 Å². The van der Waals surface area contributed by atoms with Crippen LogP contribution in [-0.4, -0.2) is 59.5 Å². The van der Waals surface area contributed by atoms with Crippen LogP contribution in [0.5, 0.6) is 0 Å². The number of aliphatic imine (C=N–C) groups is 1. The van der Waals surface area contributed by atoms with E-state index in [1.54, 1.807) is 24.8 Å². The highest BCUT2D eigenvalue weighted by molar-refractivity contribution is 6.04. The van der Waals surface area contributed by atoms with E-state index in [2.05, 4.69) is 35.7 Å². The minimum absolute atomic E-state index is 0.124. The van der Waals surface area contributed by atoms with Crippen molar-refractivity contribution in [2.75, 3.05) is 35.2 Å². The minimum Gasteiger partial charge on any atom is -0.444 e. The Bertz CT molecular complexity index is 1470. The quantitative estimate of drug-likeness (QED) is 0.302. The van der Waals surface area contributed by atoms with Crippen molar-refractivity contribution in [2.45, 2.75) is 51.8 Å². The molecule has 10 heteroatoms. The fraction of sp³-hybridized carbons (Fsp3) is 0.333. The molecule has 0 saturated carbocycles. The van der Waals surface area contributed by atoms with E-state index in [-0.39, 0.29) is 18.0 Å². The number of alkyl carbamates (subject to hydrolysis) is 1. The van der Waals surface area contributed by atoms with Crippen LogP contribution in [-0.2, 0) is 11.3 Å². The summed E-state index contributed by atoms with van der Waals surface area (Å²) in [6.07, 6.45) is 8.65. The second-order valence-electron chi connectivity index (χ2n) is 11.8. The topological polar surface area (TPSA) is 111 Å². The van der Waals surface area contributed by atoms with Gasteiger partial charge in [0.15, 0.2) is 0 Å². The van der Waals surface area contributed by atoms with E-state index in [9.17, 15) is 9.59 Å². The lowest BCUT2D eigenvalue weighted by Crippen LogP contribution is -2.45. The van der Waals surface area contributed by atoms with E-state index in [0.29, 0.717) is 17.1 Å². The highest BCUT2D eigenvalue weighted by atomic mass is 16.6. The van der Waals surface area contributed by atoms with Crippen LogP contribution in [0.1, 0.15) is 49.5 Å². The number of carbonyl (C=O) groups excluding carboxylic acids is 2. The number of carbonyl (C=O) groups is 2. The molecule has 1 aromatic heterocycles. The summed E-state index contributed by atoms with van der Waals surface area (Å²) in [7, 11) is 0. The monoisotopic (exact) mass is 581 g/mol. The molecule has 5 rings (SSSR count). The van der Waals surface area contributed by atoms with E-state index in [4.69, 9.17) is 4.74 Å². The van der Waals surface area contributed by atoms with E-state index < -0.39 is 5.60 Å². The first kappa shape index (κ1) is 29.8. The number of anilines is 4. The van der Waals surface area contributed by atoms with E-state index in [1.807, 2.05) is 81.4 Å². The summed E-state index contributed by atoms with van der Waals surface area (Å²) in [5.74, 6) is 0.444. The summed E-state index contributed by atoms with van der Waals surface area (Å²) < 4.78 is 5.37. The minimum atomic E-state index is -0.499. The number of likely N-dealkylation sites (tertiary alicyclic amines) is 1. The first-order valence-corrected chi connectivity index (χ1v) is 14.6. The summed E-state index contributed by atoms with van der Waals surface area (Å²) in [5.41, 5.74) is 3.78. The molecule has 0 aliphatic carbocycles. The Hall–Kier alpha value is -4.70. The summed E-state index contributed by atoms with van der Waals surface area (Å²) in [5, 5.41) is 9.28. The highest BCUT2D eigenvalue weighted by Gasteiger charge is 2.23. The Morgan fingerprint density at radius 3 is 2.51 bits per heavy atom. The summed E-state index contributed by atoms with van der Waals surface area (Å²) >= 11 is 0. The number of hydrogen-bond donors (Lipinski definition) is 3. The maximum absolute atomic E-state index is 13.0. The van der Waals surface area contributed by atoms with E-state index in [0.717, 1.165) is 56.0 Å². The van der Waals surface area contributed by atoms with Crippen molar-refractivity contribution in [3.05, 3.63) is 90.3 Å². The molecule has 0 bridgehead atoms. The maximum atomic E-state index is 13.0. The Morgan fingerprint density at radius 1 is 1.00 bits per heavy atom. The van der Waals surface area contributed by atoms with Gasteiger partial charge in [0.05, 0.1) is 6.34 Å². The number of rotatable bonds is 8. The van der Waals surface area contributed by atoms with Crippen molar-refractivity contribution in [1.29, 1.82) is 0 Å². The fourth-order valence-corrected chi connectivity index (χ4v) is 4.98. The van der Waals surface area contributed by atoms with Crippen molar-refractivity contribution < 1.29 is 14.3 Å². The Kier molecular flexibility index (Phi) is 9.36. The molecule has 0 unspecified atom stereocenters. The number of ether oxygens (including phenoxy) is 1. The van der Waals surface area contributed by atoms with Gasteiger partial charge in [-0.05, 0) is 81.7 Å². The predicted octanol–water partition coefficient (Wildman–Crippen LogP) is 5.93. The van der Waals surface area contributed by atoms with Gasteiger partial charge in [-0.2, -0.15) is 0 Å². The summed E-state index contributed by atoms with van der Waals surface area (Å²) in [6, 6.07) is 19.4. The van der Waals surface area contributed by atoms with Gasteiger partial charge in [-0.15, -0.1) is 0 Å². The standard InChI is InChI=1S/C33H39N7O3/c1-33(2,3)43-32(42)38-26-13-18-39(19-14-26)22-24-8-10-25(11-9-24)31(41)37-28-12-16-35-30(21-28)36-27-6-4-7-29(20-27)40-17-5-15-34-23-40/h4-12,15-16,20-21,23,26H,13-14,17-19,22H2,1-3H3,(H,38,42)(H2,35,36,37,41). The zero-order valence-electron chi connectivity index (χ0n) is 24.9. The number of nitrogens with one attached hydrogen (secondary N) is 3. The maximum Gasteiger partial charge on any atom is 0.407 e. The first-order chi connectivity index (χ1) is 20.7. The zero-order valence-corrected chi connectivity index (χ0v) is 24.9. The predicted molar refractivity (Wildman–Crippen MR) is 171 cm³/mol. The van der Waals surface area contributed by atoms with Gasteiger partial charge < -0.3 is 25.6 Å². The van der Waals surface area contributed by atoms with Crippen molar-refractivity contribution in [3.8, 4) is 0 Å². The summed E-state index contributed by atoms with van der Waals surface area (Å²) in [4.78, 5) is 38.1. The van der Waals surface area contributed by atoms with Crippen molar-refractivity contribution in [2.24, 2.45) is 4.99 Å². The smallest absolute Gasteiger partial charge is 0.407 e. The molecule has 2 amide bonds. The Labute approximate surface area is 252 Å². The van der Waals surface area contributed by atoms with E-state index in [1.165, 1.54) is 0 Å². The third-order valence-electron chi connectivity index (χ3n) is 7.10. The number of amides is 2. The van der Waals surface area contributed by atoms with Gasteiger partial charge in [-0.1, -0.05) is 18.2 Å². The van der Waals surface area contributed by atoms with Crippen molar-refractivity contribution in [1.82, 2.24) is 15.2 Å². The Balaban J connectivity index is 1.10. The average molecular weight is 582 g/mol. The molecule has 1 fully saturated rings. The second kappa shape index (κ2) is 13.5. The lowest BCUT2D eigenvalue weighted by molar-refractivity contribution is 0.0477. The highest BCUT2D eigenvalue weighted by Crippen LogP contribution is 2.24. The lowest BCUT2D eigenvalue weighted by Gasteiger charge is -2.32. The third kappa shape index (κ3) is 8.89. The lowest BCUT2D eigenvalue weighted by atomic mass is 10.0. The van der Waals surface area contributed by atoms with Crippen LogP contribution in [0.2, 0.25) is 0 Å². The first-order valence-electron chi connectivity index (χ1n) is 14.6. The number of nitrogens with zero attached hydrogens (tertiary/aromatic N) is 4. The molecule has 3 heterocycles. The molecular weight excluding hydrogens is 542 g/mol. The molecular formula is C33H39N7O3. The molecule has 1 saturated heterocycles. The van der Waals surface area contributed by atoms with Gasteiger partial charge in [0.25, 0.3) is 5.91 Å². The molecule has 0 atom stereocenters. The Morgan fingerprint density at radius 2 is 1.79 bits per heavy atom. The molecule has 0 radical (unpaired) electrons. The van der Waals surface area contributed by atoms with Crippen LogP contribution < -0.4 is 20.9 Å². The number of piperidine rings is 1. The molecule has 3 N–H and O–H groups in total. The fourth-order valence-electron chi connectivity index (χ4n) is 4.98. The van der Waals surface area contributed by atoms with Crippen LogP contribution in [0.3, 0.4) is 0 Å². The number of benzene rings is 2. The molecule has 0 spiro atoms. The van der Waals surface area contributed by atoms with Gasteiger partial charge in [-0.3, -0.25) is 9.69 Å². The van der Waals surface area contributed by atoms with Gasteiger partial charge in [0.2, 0.25) is 0 Å². The number of aromatic nitrogens is 1. The largest absolute Gasteiger partial charge is 0.444 e. The molecule has 43 heavy (non-hydrogen) atoms. The number of pyridine rings is 1. The zero-order chi connectivity index (χ0) is 30.2. The van der Waals surface area contributed by atoms with Crippen molar-refractivity contribution in [3.63, 3.8) is 0 Å². The van der Waals surface area contributed by atoms with Crippen LogP contribution >= 0.6 is 0 Å². The molecule has 2 aromatic carbocycles. The van der Waals surface area contributed by atoms with Gasteiger partial charge in [0.1, 0.15) is 11.4 Å².